The molecule has 0 radical (unpaired) electrons. The average Bonchev–Trinajstić information content (AvgIpc) is 3.37. The SMILES string of the molecule is c1ccc(-c2ccccc2-c2ccccc2)cc1.c1ccc(-c2ccccc2-c2ccccc2)cc1.c1ccc(-c2ccccc2-c2ccccc2)cc1.c1ncncn1. The highest BCUT2D eigenvalue weighted by Crippen LogP contribution is 2.34. The smallest absolute Gasteiger partial charge is 0.119 e. The topological polar surface area (TPSA) is 38.7 Å². The fraction of sp³-hybridized carbons (Fsp3) is 0. The van der Waals surface area contributed by atoms with Gasteiger partial charge in [0.05, 0.1) is 0 Å². The third-order valence-corrected chi connectivity index (χ3v) is 9.69. The van der Waals surface area contributed by atoms with E-state index in [9.17, 15) is 0 Å². The number of hydrogen-bond acceptors (Lipinski definition) is 3. The maximum atomic E-state index is 3.56. The number of nitrogens with zero attached hydrogens (tertiary/aromatic N) is 3. The second kappa shape index (κ2) is 22.1. The molecule has 0 amide bonds. The molecule has 0 aliphatic heterocycles. The van der Waals surface area contributed by atoms with Gasteiger partial charge < -0.3 is 0 Å². The second-order valence-corrected chi connectivity index (χ2v) is 13.6. The lowest BCUT2D eigenvalue weighted by Crippen LogP contribution is -1.83. The molecule has 1 aromatic heterocycles. The zero-order valence-corrected chi connectivity index (χ0v) is 33.3. The third-order valence-electron chi connectivity index (χ3n) is 9.69. The molecule has 288 valence electrons. The van der Waals surface area contributed by atoms with E-state index < -0.39 is 0 Å². The summed E-state index contributed by atoms with van der Waals surface area (Å²) >= 11 is 0. The summed E-state index contributed by atoms with van der Waals surface area (Å²) in [6, 6.07) is 88.7. The second-order valence-electron chi connectivity index (χ2n) is 13.6. The quantitative estimate of drug-likeness (QED) is 0.169. The summed E-state index contributed by atoms with van der Waals surface area (Å²) in [4.78, 5) is 10.7. The van der Waals surface area contributed by atoms with Crippen molar-refractivity contribution >= 4 is 0 Å². The summed E-state index contributed by atoms with van der Waals surface area (Å²) in [5, 5.41) is 0. The van der Waals surface area contributed by atoms with Crippen LogP contribution < -0.4 is 0 Å². The number of benzene rings is 9. The monoisotopic (exact) mass is 771 g/mol. The molecule has 0 atom stereocenters. The van der Waals surface area contributed by atoms with Crippen molar-refractivity contribution in [3.63, 3.8) is 0 Å². The van der Waals surface area contributed by atoms with E-state index in [2.05, 4.69) is 270 Å². The third kappa shape index (κ3) is 11.3. The summed E-state index contributed by atoms with van der Waals surface area (Å²) in [5.41, 5.74) is 15.3. The van der Waals surface area contributed by atoms with Crippen LogP contribution in [-0.2, 0) is 0 Å². The summed E-state index contributed by atoms with van der Waals surface area (Å²) < 4.78 is 0. The summed E-state index contributed by atoms with van der Waals surface area (Å²) in [7, 11) is 0. The molecule has 0 spiro atoms. The first kappa shape index (κ1) is 40.2. The lowest BCUT2D eigenvalue weighted by molar-refractivity contribution is 1.05. The van der Waals surface area contributed by atoms with Crippen LogP contribution in [-0.4, -0.2) is 15.0 Å². The van der Waals surface area contributed by atoms with Crippen molar-refractivity contribution in [3.8, 4) is 66.8 Å². The normalized spacial score (nSPS) is 10.0. The first-order valence-corrected chi connectivity index (χ1v) is 20.0. The van der Waals surface area contributed by atoms with E-state index in [1.54, 1.807) is 0 Å². The first-order chi connectivity index (χ1) is 29.8. The van der Waals surface area contributed by atoms with Crippen LogP contribution in [0.2, 0.25) is 0 Å². The Morgan fingerprint density at radius 3 is 0.417 bits per heavy atom. The van der Waals surface area contributed by atoms with Gasteiger partial charge in [0.15, 0.2) is 0 Å². The van der Waals surface area contributed by atoms with Crippen molar-refractivity contribution in [2.24, 2.45) is 0 Å². The van der Waals surface area contributed by atoms with E-state index in [4.69, 9.17) is 0 Å². The molecule has 0 fully saturated rings. The fourth-order valence-corrected chi connectivity index (χ4v) is 6.87. The van der Waals surface area contributed by atoms with Gasteiger partial charge in [0.2, 0.25) is 0 Å². The van der Waals surface area contributed by atoms with E-state index in [-0.39, 0.29) is 0 Å². The van der Waals surface area contributed by atoms with Gasteiger partial charge in [0, 0.05) is 0 Å². The van der Waals surface area contributed by atoms with Gasteiger partial charge in [-0.2, -0.15) is 0 Å². The van der Waals surface area contributed by atoms with Crippen LogP contribution >= 0.6 is 0 Å². The molecule has 3 heteroatoms. The Hall–Kier alpha value is -8.01. The Morgan fingerprint density at radius 2 is 0.283 bits per heavy atom. The van der Waals surface area contributed by atoms with Gasteiger partial charge in [-0.15, -0.1) is 0 Å². The molecule has 0 saturated carbocycles. The Kier molecular flexibility index (Phi) is 14.8. The highest BCUT2D eigenvalue weighted by atomic mass is 14.9. The van der Waals surface area contributed by atoms with Crippen molar-refractivity contribution < 1.29 is 0 Å². The Balaban J connectivity index is 0.000000127. The molecule has 60 heavy (non-hydrogen) atoms. The summed E-state index contributed by atoms with van der Waals surface area (Å²) in [6.45, 7) is 0. The van der Waals surface area contributed by atoms with Gasteiger partial charge in [0.25, 0.3) is 0 Å². The molecule has 0 aliphatic carbocycles. The predicted octanol–water partition coefficient (Wildman–Crippen LogP) is 14.9. The number of hydrogen-bond donors (Lipinski definition) is 0. The lowest BCUT2D eigenvalue weighted by Gasteiger charge is -2.09. The van der Waals surface area contributed by atoms with Gasteiger partial charge >= 0.3 is 0 Å². The molecule has 0 aliphatic rings. The van der Waals surface area contributed by atoms with Crippen LogP contribution in [0.4, 0.5) is 0 Å². The Morgan fingerprint density at radius 1 is 0.150 bits per heavy atom. The molecular weight excluding hydrogens is 727 g/mol. The van der Waals surface area contributed by atoms with Gasteiger partial charge in [-0.25, -0.2) is 15.0 Å². The minimum Gasteiger partial charge on any atom is -0.225 e. The van der Waals surface area contributed by atoms with Crippen molar-refractivity contribution in [2.75, 3.05) is 0 Å². The summed E-state index contributed by atoms with van der Waals surface area (Å²) in [6.07, 6.45) is 4.31. The standard InChI is InChI=1S/3C18H14.C3H3N3/c3*1-3-9-15(10-4-1)17-13-7-8-14-18(17)16-11-5-2-6-12-16;1-4-2-6-3-5-1/h3*1-14H;1-3H. The van der Waals surface area contributed by atoms with Gasteiger partial charge in [-0.3, -0.25) is 0 Å². The van der Waals surface area contributed by atoms with E-state index in [0.717, 1.165) is 0 Å². The largest absolute Gasteiger partial charge is 0.225 e. The average molecular weight is 772 g/mol. The molecule has 1 heterocycles. The Bertz CT molecular complexity index is 2230. The molecule has 10 rings (SSSR count). The molecule has 0 saturated heterocycles. The van der Waals surface area contributed by atoms with E-state index >= 15 is 0 Å². The number of aromatic nitrogens is 3. The number of rotatable bonds is 6. The Labute approximate surface area is 354 Å². The van der Waals surface area contributed by atoms with Crippen LogP contribution in [0.3, 0.4) is 0 Å². The molecule has 9 aromatic carbocycles. The van der Waals surface area contributed by atoms with Gasteiger partial charge in [0.1, 0.15) is 19.0 Å². The van der Waals surface area contributed by atoms with E-state index in [0.29, 0.717) is 0 Å². The van der Waals surface area contributed by atoms with E-state index in [1.807, 2.05) is 0 Å². The zero-order valence-electron chi connectivity index (χ0n) is 33.3. The van der Waals surface area contributed by atoms with Crippen LogP contribution in [0.15, 0.2) is 274 Å². The minimum atomic E-state index is 1.26. The van der Waals surface area contributed by atoms with Crippen molar-refractivity contribution in [1.82, 2.24) is 15.0 Å². The van der Waals surface area contributed by atoms with Crippen LogP contribution in [0.5, 0.6) is 0 Å². The van der Waals surface area contributed by atoms with E-state index in [1.165, 1.54) is 85.7 Å². The highest BCUT2D eigenvalue weighted by molar-refractivity contribution is 5.85. The van der Waals surface area contributed by atoms with Crippen LogP contribution in [0.25, 0.3) is 66.8 Å². The molecule has 0 N–H and O–H groups in total. The van der Waals surface area contributed by atoms with Gasteiger partial charge in [-0.1, -0.05) is 255 Å². The van der Waals surface area contributed by atoms with Crippen molar-refractivity contribution in [3.05, 3.63) is 274 Å². The first-order valence-electron chi connectivity index (χ1n) is 20.0. The lowest BCUT2D eigenvalue weighted by atomic mass is 9.95. The van der Waals surface area contributed by atoms with Crippen LogP contribution in [0, 0.1) is 0 Å². The predicted molar refractivity (Wildman–Crippen MR) is 252 cm³/mol. The molecular formula is C57H45N3. The summed E-state index contributed by atoms with van der Waals surface area (Å²) in [5.74, 6) is 0. The molecule has 3 nitrogen and oxygen atoms in total. The fourth-order valence-electron chi connectivity index (χ4n) is 6.87. The van der Waals surface area contributed by atoms with Crippen molar-refractivity contribution in [1.29, 1.82) is 0 Å². The van der Waals surface area contributed by atoms with Crippen molar-refractivity contribution in [2.45, 2.75) is 0 Å². The van der Waals surface area contributed by atoms with Gasteiger partial charge in [-0.05, 0) is 66.8 Å². The van der Waals surface area contributed by atoms with Crippen LogP contribution in [0.1, 0.15) is 0 Å². The zero-order chi connectivity index (χ0) is 40.9. The minimum absolute atomic E-state index is 1.26. The molecule has 10 aromatic rings. The maximum Gasteiger partial charge on any atom is 0.119 e. The maximum absolute atomic E-state index is 3.56. The highest BCUT2D eigenvalue weighted by Gasteiger charge is 2.08. The molecule has 0 bridgehead atoms. The molecule has 0 unspecified atom stereocenters.